The molecule has 8 heteroatoms. The van der Waals surface area contributed by atoms with Crippen molar-refractivity contribution >= 4 is 44.3 Å². The van der Waals surface area contributed by atoms with Crippen LogP contribution in [-0.4, -0.2) is 43.0 Å². The maximum atomic E-state index is 12.9. The molecule has 32 heavy (non-hydrogen) atoms. The van der Waals surface area contributed by atoms with Crippen LogP contribution >= 0.6 is 11.8 Å². The van der Waals surface area contributed by atoms with Crippen LogP contribution in [0.25, 0.3) is 10.9 Å². The largest absolute Gasteiger partial charge is 0.325 e. The van der Waals surface area contributed by atoms with Gasteiger partial charge in [0.1, 0.15) is 0 Å². The second kappa shape index (κ2) is 9.60. The number of carbonyl (C=O) groups excluding carboxylic acids is 1. The summed E-state index contributed by atoms with van der Waals surface area (Å²) in [5.74, 6) is -0.138. The fourth-order valence-corrected chi connectivity index (χ4v) is 5.40. The average molecular weight is 472 g/mol. The molecule has 1 amide bonds. The molecule has 0 aliphatic rings. The second-order valence-electron chi connectivity index (χ2n) is 8.07. The zero-order chi connectivity index (χ0) is 23.6. The number of hydrogen-bond acceptors (Lipinski definition) is 5. The summed E-state index contributed by atoms with van der Waals surface area (Å²) in [5, 5.41) is 4.52. The Morgan fingerprint density at radius 3 is 2.31 bits per heavy atom. The number of nitrogens with one attached hydrogen (secondary N) is 1. The number of aryl methyl sites for hydroxylation is 3. The first-order valence-corrected chi connectivity index (χ1v) is 12.7. The van der Waals surface area contributed by atoms with E-state index in [9.17, 15) is 13.2 Å². The zero-order valence-electron chi connectivity index (χ0n) is 19.3. The number of anilines is 1. The van der Waals surface area contributed by atoms with E-state index in [0.717, 1.165) is 31.4 Å². The summed E-state index contributed by atoms with van der Waals surface area (Å²) in [6.07, 6.45) is 0.634. The molecule has 0 bridgehead atoms. The summed E-state index contributed by atoms with van der Waals surface area (Å²) < 4.78 is 25.6. The number of aromatic nitrogens is 1. The molecule has 1 N–H and O–H groups in total. The third kappa shape index (κ3) is 5.14. The Kier molecular flexibility index (Phi) is 7.27. The van der Waals surface area contributed by atoms with Crippen LogP contribution in [0.2, 0.25) is 0 Å². The van der Waals surface area contributed by atoms with Crippen molar-refractivity contribution in [2.24, 2.45) is 0 Å². The van der Waals surface area contributed by atoms with Crippen LogP contribution in [0.15, 0.2) is 52.4 Å². The van der Waals surface area contributed by atoms with Gasteiger partial charge >= 0.3 is 0 Å². The highest BCUT2D eigenvalue weighted by atomic mass is 32.2. The highest BCUT2D eigenvalue weighted by Gasteiger charge is 2.21. The van der Waals surface area contributed by atoms with Gasteiger partial charge in [0.2, 0.25) is 15.9 Å². The van der Waals surface area contributed by atoms with E-state index in [1.165, 1.54) is 43.6 Å². The lowest BCUT2D eigenvalue weighted by Crippen LogP contribution is -2.25. The van der Waals surface area contributed by atoms with E-state index in [2.05, 4.69) is 38.2 Å². The monoisotopic (exact) mass is 471 g/mol. The molecule has 170 valence electrons. The van der Waals surface area contributed by atoms with Gasteiger partial charge in [-0.25, -0.2) is 17.7 Å². The van der Waals surface area contributed by atoms with Crippen LogP contribution in [-0.2, 0) is 14.8 Å². The van der Waals surface area contributed by atoms with Crippen LogP contribution < -0.4 is 5.32 Å². The van der Waals surface area contributed by atoms with Crippen molar-refractivity contribution in [3.63, 3.8) is 0 Å². The lowest BCUT2D eigenvalue weighted by atomic mass is 10.0. The van der Waals surface area contributed by atoms with Gasteiger partial charge in [0, 0.05) is 25.2 Å². The van der Waals surface area contributed by atoms with Crippen molar-refractivity contribution in [1.29, 1.82) is 0 Å². The molecule has 0 fully saturated rings. The molecule has 0 saturated carbocycles. The molecule has 0 aliphatic heterocycles. The smallest absolute Gasteiger partial charge is 0.242 e. The molecule has 1 atom stereocenters. The van der Waals surface area contributed by atoms with Gasteiger partial charge < -0.3 is 5.32 Å². The molecule has 1 aromatic heterocycles. The fraction of sp³-hybridized carbons (Fsp3) is 0.333. The Morgan fingerprint density at radius 1 is 1.06 bits per heavy atom. The Labute approximate surface area is 194 Å². The van der Waals surface area contributed by atoms with Gasteiger partial charge in [0.05, 0.1) is 20.7 Å². The van der Waals surface area contributed by atoms with E-state index >= 15 is 0 Å². The predicted molar refractivity (Wildman–Crippen MR) is 132 cm³/mol. The number of thioether (sulfide) groups is 1. The highest BCUT2D eigenvalue weighted by Crippen LogP contribution is 2.30. The highest BCUT2D eigenvalue weighted by molar-refractivity contribution is 8.00. The quantitative estimate of drug-likeness (QED) is 0.495. The molecule has 0 spiro atoms. The first kappa shape index (κ1) is 24.2. The van der Waals surface area contributed by atoms with Crippen molar-refractivity contribution in [2.45, 2.75) is 49.3 Å². The number of fused-ring (bicyclic) bond motifs is 1. The SMILES string of the molecule is CCC(Sc1cc(C)c2cc(C)cc(C)c2n1)C(=O)Nc1ccc(S(=O)(=O)N(C)C)cc1. The van der Waals surface area contributed by atoms with Gasteiger partial charge in [-0.1, -0.05) is 30.3 Å². The van der Waals surface area contributed by atoms with E-state index in [0.29, 0.717) is 12.1 Å². The number of carbonyl (C=O) groups is 1. The lowest BCUT2D eigenvalue weighted by Gasteiger charge is -2.16. The Morgan fingerprint density at radius 2 is 1.72 bits per heavy atom. The number of sulfonamides is 1. The standard InChI is InChI=1S/C24H29N3O3S2/c1-7-21(24(28)25-18-8-10-19(11-9-18)32(29,30)27(5)6)31-22-14-16(3)20-13-15(2)12-17(4)23(20)26-22/h8-14,21H,7H2,1-6H3,(H,25,28). The van der Waals surface area contributed by atoms with E-state index < -0.39 is 10.0 Å². The summed E-state index contributed by atoms with van der Waals surface area (Å²) in [6.45, 7) is 8.17. The maximum absolute atomic E-state index is 12.9. The fourth-order valence-electron chi connectivity index (χ4n) is 3.49. The van der Waals surface area contributed by atoms with Crippen LogP contribution in [0.1, 0.15) is 30.0 Å². The minimum atomic E-state index is -3.50. The molecule has 0 radical (unpaired) electrons. The van der Waals surface area contributed by atoms with Crippen LogP contribution in [0, 0.1) is 20.8 Å². The van der Waals surface area contributed by atoms with Crippen molar-refractivity contribution in [3.8, 4) is 0 Å². The average Bonchev–Trinajstić information content (AvgIpc) is 2.73. The van der Waals surface area contributed by atoms with E-state index in [1.807, 2.05) is 13.0 Å². The van der Waals surface area contributed by atoms with E-state index in [1.54, 1.807) is 12.1 Å². The third-order valence-corrected chi connectivity index (χ3v) is 8.37. The van der Waals surface area contributed by atoms with Crippen molar-refractivity contribution in [2.75, 3.05) is 19.4 Å². The Balaban J connectivity index is 1.78. The number of amides is 1. The molecule has 0 aliphatic carbocycles. The number of pyridine rings is 1. The molecule has 2 aromatic carbocycles. The normalized spacial score (nSPS) is 12.8. The van der Waals surface area contributed by atoms with Crippen molar-refractivity contribution < 1.29 is 13.2 Å². The minimum Gasteiger partial charge on any atom is -0.325 e. The summed E-state index contributed by atoms with van der Waals surface area (Å²) in [7, 11) is -0.533. The van der Waals surface area contributed by atoms with Crippen LogP contribution in [0.4, 0.5) is 5.69 Å². The lowest BCUT2D eigenvalue weighted by molar-refractivity contribution is -0.115. The number of rotatable bonds is 7. The van der Waals surface area contributed by atoms with Crippen LogP contribution in [0.3, 0.4) is 0 Å². The van der Waals surface area contributed by atoms with Crippen LogP contribution in [0.5, 0.6) is 0 Å². The molecular formula is C24H29N3O3S2. The first-order valence-electron chi connectivity index (χ1n) is 10.4. The molecule has 6 nitrogen and oxygen atoms in total. The van der Waals surface area contributed by atoms with Gasteiger partial charge in [0.25, 0.3) is 0 Å². The third-order valence-electron chi connectivity index (χ3n) is 5.26. The first-order chi connectivity index (χ1) is 15.0. The molecule has 3 rings (SSSR count). The predicted octanol–water partition coefficient (Wildman–Crippen LogP) is 4.92. The number of benzene rings is 2. The van der Waals surface area contributed by atoms with Crippen molar-refractivity contribution in [1.82, 2.24) is 9.29 Å². The van der Waals surface area contributed by atoms with Gasteiger partial charge in [0.15, 0.2) is 0 Å². The van der Waals surface area contributed by atoms with Gasteiger partial charge in [-0.15, -0.1) is 0 Å². The topological polar surface area (TPSA) is 79.4 Å². The summed E-state index contributed by atoms with van der Waals surface area (Å²) in [6, 6.07) is 12.5. The van der Waals surface area contributed by atoms with Crippen molar-refractivity contribution in [3.05, 3.63) is 59.2 Å². The zero-order valence-corrected chi connectivity index (χ0v) is 20.9. The van der Waals surface area contributed by atoms with E-state index in [4.69, 9.17) is 4.98 Å². The molecular weight excluding hydrogens is 442 g/mol. The Bertz CT molecular complexity index is 1250. The molecule has 3 aromatic rings. The minimum absolute atomic E-state index is 0.138. The molecule has 1 unspecified atom stereocenters. The number of hydrogen-bond donors (Lipinski definition) is 1. The summed E-state index contributed by atoms with van der Waals surface area (Å²) >= 11 is 1.44. The van der Waals surface area contributed by atoms with E-state index in [-0.39, 0.29) is 16.1 Å². The summed E-state index contributed by atoms with van der Waals surface area (Å²) in [4.78, 5) is 17.9. The Hall–Kier alpha value is -2.42. The molecule has 0 saturated heterocycles. The summed E-state index contributed by atoms with van der Waals surface area (Å²) in [5.41, 5.74) is 4.98. The van der Waals surface area contributed by atoms with Gasteiger partial charge in [-0.2, -0.15) is 0 Å². The molecule has 1 heterocycles. The maximum Gasteiger partial charge on any atom is 0.242 e. The van der Waals surface area contributed by atoms with Gasteiger partial charge in [-0.05, 0) is 74.7 Å². The number of nitrogens with zero attached hydrogens (tertiary/aromatic N) is 2. The second-order valence-corrected chi connectivity index (χ2v) is 11.4. The van der Waals surface area contributed by atoms with Gasteiger partial charge in [-0.3, -0.25) is 4.79 Å².